The van der Waals surface area contributed by atoms with Gasteiger partial charge in [-0.2, -0.15) is 0 Å². The Labute approximate surface area is 235 Å². The monoisotopic (exact) mass is 544 g/mol. The zero-order valence-corrected chi connectivity index (χ0v) is 25.3. The van der Waals surface area contributed by atoms with Gasteiger partial charge in [0.1, 0.15) is 13.2 Å². The molecule has 0 saturated carbocycles. The van der Waals surface area contributed by atoms with E-state index in [9.17, 15) is 9.59 Å². The molecule has 37 heavy (non-hydrogen) atoms. The Morgan fingerprint density at radius 3 is 1.24 bits per heavy atom. The van der Waals surface area contributed by atoms with Gasteiger partial charge < -0.3 is 13.7 Å². The summed E-state index contributed by atoms with van der Waals surface area (Å²) >= 11 is 3.77. The lowest BCUT2D eigenvalue weighted by molar-refractivity contribution is -0.160. The fourth-order valence-electron chi connectivity index (χ4n) is 4.57. The van der Waals surface area contributed by atoms with Crippen LogP contribution in [0.25, 0.3) is 0 Å². The zero-order valence-electron chi connectivity index (χ0n) is 24.5. The SMILES string of the molecule is CCCCCCCCCCCCCC(=O)OCC(COS)OC(=O)CCCCCCCCCCCCC. The predicted octanol–water partition coefficient (Wildman–Crippen LogP) is 9.71. The molecule has 5 nitrogen and oxygen atoms in total. The van der Waals surface area contributed by atoms with E-state index in [2.05, 4.69) is 26.8 Å². The first kappa shape index (κ1) is 36.2. The van der Waals surface area contributed by atoms with Crippen molar-refractivity contribution in [3.8, 4) is 0 Å². The van der Waals surface area contributed by atoms with Gasteiger partial charge in [0.05, 0.1) is 0 Å². The molecule has 0 heterocycles. The molecule has 1 unspecified atom stereocenters. The standard InChI is InChI=1S/C31H60O5S/c1-3-5-7-9-11-13-15-17-19-21-23-25-30(32)34-27-29(28-35-37)36-31(33)26-24-22-20-18-16-14-12-10-8-6-4-2/h29,37H,3-28H2,1-2H3. The number of ether oxygens (including phenoxy) is 2. The van der Waals surface area contributed by atoms with E-state index in [4.69, 9.17) is 13.7 Å². The third kappa shape index (κ3) is 28.1. The number of hydrogen-bond donors (Lipinski definition) is 1. The number of unbranched alkanes of at least 4 members (excludes halogenated alkanes) is 20. The van der Waals surface area contributed by atoms with Crippen molar-refractivity contribution in [2.24, 2.45) is 0 Å². The van der Waals surface area contributed by atoms with Crippen LogP contribution in [-0.2, 0) is 23.2 Å². The fraction of sp³-hybridized carbons (Fsp3) is 0.935. The predicted molar refractivity (Wildman–Crippen MR) is 158 cm³/mol. The van der Waals surface area contributed by atoms with Gasteiger partial charge in [0.15, 0.2) is 6.10 Å². The Morgan fingerprint density at radius 1 is 0.514 bits per heavy atom. The average Bonchev–Trinajstić information content (AvgIpc) is 2.89. The topological polar surface area (TPSA) is 61.8 Å². The maximum absolute atomic E-state index is 12.2. The molecule has 0 N–H and O–H groups in total. The lowest BCUT2D eigenvalue weighted by Crippen LogP contribution is -2.28. The van der Waals surface area contributed by atoms with E-state index < -0.39 is 6.10 Å². The second kappa shape index (κ2) is 29.8. The van der Waals surface area contributed by atoms with Crippen LogP contribution < -0.4 is 0 Å². The summed E-state index contributed by atoms with van der Waals surface area (Å²) < 4.78 is 15.6. The Hall–Kier alpha value is -0.750. The molecule has 220 valence electrons. The van der Waals surface area contributed by atoms with Crippen LogP contribution in [0.1, 0.15) is 168 Å². The summed E-state index contributed by atoms with van der Waals surface area (Å²) in [4.78, 5) is 24.2. The van der Waals surface area contributed by atoms with Gasteiger partial charge in [-0.3, -0.25) is 9.59 Å². The number of rotatable bonds is 29. The molecular weight excluding hydrogens is 484 g/mol. The number of carbonyl (C=O) groups is 2. The van der Waals surface area contributed by atoms with Gasteiger partial charge in [-0.1, -0.05) is 142 Å². The normalized spacial score (nSPS) is 12.0. The largest absolute Gasteiger partial charge is 0.462 e. The number of thiol groups is 1. The van der Waals surface area contributed by atoms with Crippen molar-refractivity contribution in [2.45, 2.75) is 174 Å². The minimum absolute atomic E-state index is 0.0292. The van der Waals surface area contributed by atoms with Crippen molar-refractivity contribution in [1.82, 2.24) is 0 Å². The minimum Gasteiger partial charge on any atom is -0.462 e. The van der Waals surface area contributed by atoms with E-state index >= 15 is 0 Å². The third-order valence-electron chi connectivity index (χ3n) is 6.96. The summed E-state index contributed by atoms with van der Waals surface area (Å²) in [5.74, 6) is -0.491. The Kier molecular flexibility index (Phi) is 29.2. The molecule has 0 fully saturated rings. The number of esters is 2. The molecule has 0 aromatic carbocycles. The van der Waals surface area contributed by atoms with E-state index in [-0.39, 0.29) is 25.2 Å². The molecule has 0 aromatic heterocycles. The molecule has 1 atom stereocenters. The molecule has 0 amide bonds. The van der Waals surface area contributed by atoms with Crippen LogP contribution in [0.5, 0.6) is 0 Å². The van der Waals surface area contributed by atoms with Gasteiger partial charge >= 0.3 is 11.9 Å². The van der Waals surface area contributed by atoms with Crippen LogP contribution >= 0.6 is 12.9 Å². The zero-order chi connectivity index (χ0) is 27.2. The molecule has 0 rings (SSSR count). The first-order valence-electron chi connectivity index (χ1n) is 15.7. The molecule has 0 aliphatic heterocycles. The van der Waals surface area contributed by atoms with E-state index in [1.165, 1.54) is 116 Å². The Bertz CT molecular complexity index is 500. The van der Waals surface area contributed by atoms with Crippen LogP contribution in [0.15, 0.2) is 0 Å². The summed E-state index contributed by atoms with van der Waals surface area (Å²) in [6.45, 7) is 4.64. The summed E-state index contributed by atoms with van der Waals surface area (Å²) in [7, 11) is 0. The molecule has 0 aliphatic rings. The molecule has 0 bridgehead atoms. The smallest absolute Gasteiger partial charge is 0.306 e. The van der Waals surface area contributed by atoms with Crippen LogP contribution in [0, 0.1) is 0 Å². The van der Waals surface area contributed by atoms with Crippen LogP contribution in [0.3, 0.4) is 0 Å². The highest BCUT2D eigenvalue weighted by molar-refractivity contribution is 7.75. The van der Waals surface area contributed by atoms with Gasteiger partial charge in [0.25, 0.3) is 0 Å². The van der Waals surface area contributed by atoms with Gasteiger partial charge in [0, 0.05) is 12.8 Å². The van der Waals surface area contributed by atoms with E-state index in [0.717, 1.165) is 25.7 Å². The van der Waals surface area contributed by atoms with Crippen molar-refractivity contribution in [1.29, 1.82) is 0 Å². The molecule has 6 heteroatoms. The van der Waals surface area contributed by atoms with Crippen LogP contribution in [0.4, 0.5) is 0 Å². The van der Waals surface area contributed by atoms with E-state index in [1.807, 2.05) is 0 Å². The number of hydrogen-bond acceptors (Lipinski definition) is 6. The Morgan fingerprint density at radius 2 is 0.865 bits per heavy atom. The van der Waals surface area contributed by atoms with Crippen molar-refractivity contribution >= 4 is 24.8 Å². The van der Waals surface area contributed by atoms with Crippen molar-refractivity contribution in [3.63, 3.8) is 0 Å². The van der Waals surface area contributed by atoms with E-state index in [0.29, 0.717) is 12.8 Å². The molecule has 0 aliphatic carbocycles. The van der Waals surface area contributed by atoms with Gasteiger partial charge in [-0.15, -0.1) is 0 Å². The summed E-state index contributed by atoms with van der Waals surface area (Å²) in [6, 6.07) is 0. The van der Waals surface area contributed by atoms with Crippen molar-refractivity contribution < 1.29 is 23.2 Å². The lowest BCUT2D eigenvalue weighted by atomic mass is 10.1. The summed E-state index contributed by atoms with van der Waals surface area (Å²) in [6.07, 6.45) is 27.6. The average molecular weight is 545 g/mol. The quantitative estimate of drug-likeness (QED) is 0.0439. The first-order valence-corrected chi connectivity index (χ1v) is 16.1. The highest BCUT2D eigenvalue weighted by atomic mass is 32.1. The highest BCUT2D eigenvalue weighted by Crippen LogP contribution is 2.14. The fourth-order valence-corrected chi connectivity index (χ4v) is 4.74. The Balaban J connectivity index is 3.68. The molecular formula is C31H60O5S. The van der Waals surface area contributed by atoms with Crippen molar-refractivity contribution in [2.75, 3.05) is 13.2 Å². The second-order valence-corrected chi connectivity index (χ2v) is 10.9. The highest BCUT2D eigenvalue weighted by Gasteiger charge is 2.17. The minimum atomic E-state index is -0.598. The van der Waals surface area contributed by atoms with Gasteiger partial charge in [0.2, 0.25) is 0 Å². The summed E-state index contributed by atoms with van der Waals surface area (Å²) in [5, 5.41) is 0. The van der Waals surface area contributed by atoms with Crippen LogP contribution in [-0.4, -0.2) is 31.3 Å². The number of carbonyl (C=O) groups excluding carboxylic acids is 2. The molecule has 0 spiro atoms. The molecule has 0 saturated heterocycles. The first-order chi connectivity index (χ1) is 18.1. The van der Waals surface area contributed by atoms with Crippen LogP contribution in [0.2, 0.25) is 0 Å². The molecule has 0 aromatic rings. The van der Waals surface area contributed by atoms with E-state index in [1.54, 1.807) is 0 Å². The van der Waals surface area contributed by atoms with Gasteiger partial charge in [-0.05, 0) is 25.8 Å². The summed E-state index contributed by atoms with van der Waals surface area (Å²) in [5.41, 5.74) is 0. The molecule has 0 radical (unpaired) electrons. The maximum atomic E-state index is 12.2. The van der Waals surface area contributed by atoms with Crippen molar-refractivity contribution in [3.05, 3.63) is 0 Å². The second-order valence-electron chi connectivity index (χ2n) is 10.7. The lowest BCUT2D eigenvalue weighted by Gasteiger charge is -2.17. The third-order valence-corrected chi connectivity index (χ3v) is 7.11. The maximum Gasteiger partial charge on any atom is 0.306 e. The van der Waals surface area contributed by atoms with Gasteiger partial charge in [-0.25, -0.2) is 0 Å².